The van der Waals surface area contributed by atoms with Gasteiger partial charge in [-0.2, -0.15) is 13.1 Å². The van der Waals surface area contributed by atoms with E-state index in [1.54, 1.807) is 0 Å². The Bertz CT molecular complexity index is 706. The first-order valence-corrected chi connectivity index (χ1v) is 12.2. The van der Waals surface area contributed by atoms with Gasteiger partial charge in [-0.25, -0.2) is 8.42 Å². The van der Waals surface area contributed by atoms with Crippen LogP contribution in [0.5, 0.6) is 0 Å². The molecule has 1 aromatic rings. The zero-order valence-electron chi connectivity index (χ0n) is 16.5. The Kier molecular flexibility index (Phi) is 7.45. The first-order valence-electron chi connectivity index (χ1n) is 10.5. The van der Waals surface area contributed by atoms with Gasteiger partial charge >= 0.3 is 6.05 Å². The van der Waals surface area contributed by atoms with Gasteiger partial charge in [-0.05, 0) is 50.0 Å². The van der Waals surface area contributed by atoms with E-state index in [-0.39, 0.29) is 31.2 Å². The first-order chi connectivity index (χ1) is 13.4. The lowest BCUT2D eigenvalue weighted by molar-refractivity contribution is -0.0811. The van der Waals surface area contributed by atoms with Crippen LogP contribution < -0.4 is 5.32 Å². The average Bonchev–Trinajstić information content (AvgIpc) is 3.19. The second-order valence-electron chi connectivity index (χ2n) is 8.19. The van der Waals surface area contributed by atoms with Crippen molar-refractivity contribution >= 4 is 10.0 Å². The summed E-state index contributed by atoms with van der Waals surface area (Å²) in [7, 11) is -3.65. The van der Waals surface area contributed by atoms with E-state index in [9.17, 15) is 17.2 Å². The van der Waals surface area contributed by atoms with Gasteiger partial charge in [0, 0.05) is 13.1 Å². The Morgan fingerprint density at radius 2 is 1.75 bits per heavy atom. The Labute approximate surface area is 167 Å². The molecule has 3 rings (SSSR count). The third-order valence-corrected chi connectivity index (χ3v) is 8.04. The van der Waals surface area contributed by atoms with Crippen LogP contribution in [0.1, 0.15) is 56.9 Å². The van der Waals surface area contributed by atoms with Gasteiger partial charge in [-0.3, -0.25) is 5.32 Å². The molecular weight excluding hydrogens is 382 g/mol. The summed E-state index contributed by atoms with van der Waals surface area (Å²) in [6, 6.07) is 5.29. The molecule has 0 spiro atoms. The van der Waals surface area contributed by atoms with E-state index in [1.165, 1.54) is 0 Å². The third-order valence-electron chi connectivity index (χ3n) is 6.00. The topological polar surface area (TPSA) is 49.4 Å². The Balaban J connectivity index is 1.53. The molecule has 0 unspecified atom stereocenters. The minimum Gasteiger partial charge on any atom is -0.257 e. The van der Waals surface area contributed by atoms with Crippen molar-refractivity contribution in [3.05, 3.63) is 35.9 Å². The van der Waals surface area contributed by atoms with Crippen LogP contribution in [-0.4, -0.2) is 43.7 Å². The number of aryl methyl sites for hydroxylation is 1. The Hall–Kier alpha value is -1.05. The fourth-order valence-corrected chi connectivity index (χ4v) is 6.65. The summed E-state index contributed by atoms with van der Waals surface area (Å²) >= 11 is 0. The van der Waals surface area contributed by atoms with Gasteiger partial charge in [0.2, 0.25) is 10.0 Å². The summed E-state index contributed by atoms with van der Waals surface area (Å²) in [4.78, 5) is 0. The van der Waals surface area contributed by atoms with Crippen molar-refractivity contribution in [3.8, 4) is 0 Å². The van der Waals surface area contributed by atoms with Gasteiger partial charge in [0.1, 0.15) is 6.04 Å². The molecule has 0 radical (unpaired) electrons. The van der Waals surface area contributed by atoms with Crippen LogP contribution in [0.15, 0.2) is 30.3 Å². The number of benzene rings is 1. The maximum absolute atomic E-state index is 14.8. The predicted octanol–water partition coefficient (Wildman–Crippen LogP) is 4.18. The number of nitrogens with one attached hydrogen (secondary N) is 1. The quantitative estimate of drug-likeness (QED) is 0.487. The highest BCUT2D eigenvalue weighted by Gasteiger charge is 2.49. The maximum atomic E-state index is 14.8. The van der Waals surface area contributed by atoms with E-state index in [1.807, 2.05) is 30.3 Å². The highest BCUT2D eigenvalue weighted by atomic mass is 32.2. The van der Waals surface area contributed by atoms with E-state index in [0.29, 0.717) is 12.8 Å². The molecule has 1 saturated heterocycles. The van der Waals surface area contributed by atoms with Crippen LogP contribution >= 0.6 is 0 Å². The van der Waals surface area contributed by atoms with Crippen molar-refractivity contribution in [1.29, 1.82) is 0 Å². The number of hydrogen-bond acceptors (Lipinski definition) is 3. The van der Waals surface area contributed by atoms with E-state index in [4.69, 9.17) is 0 Å². The first kappa shape index (κ1) is 21.7. The van der Waals surface area contributed by atoms with Crippen LogP contribution in [-0.2, 0) is 16.4 Å². The summed E-state index contributed by atoms with van der Waals surface area (Å²) in [6.45, 7) is 0.371. The maximum Gasteiger partial charge on any atom is 0.318 e. The molecule has 0 bridgehead atoms. The molecule has 1 saturated carbocycles. The minimum absolute atomic E-state index is 0.0214. The molecule has 1 atom stereocenters. The van der Waals surface area contributed by atoms with Crippen molar-refractivity contribution < 1.29 is 17.2 Å². The number of hydrogen-bond donors (Lipinski definition) is 1. The van der Waals surface area contributed by atoms with Gasteiger partial charge < -0.3 is 0 Å². The third kappa shape index (κ3) is 5.74. The van der Waals surface area contributed by atoms with Crippen LogP contribution in [0, 0.1) is 5.92 Å². The van der Waals surface area contributed by atoms with E-state index in [2.05, 4.69) is 5.32 Å². The second kappa shape index (κ2) is 9.63. The molecule has 0 amide bonds. The highest BCUT2D eigenvalue weighted by molar-refractivity contribution is 7.89. The van der Waals surface area contributed by atoms with E-state index < -0.39 is 22.1 Å². The lowest BCUT2D eigenvalue weighted by Gasteiger charge is -2.32. The minimum atomic E-state index is -3.65. The van der Waals surface area contributed by atoms with Crippen molar-refractivity contribution in [1.82, 2.24) is 9.62 Å². The summed E-state index contributed by atoms with van der Waals surface area (Å²) in [6.07, 6.45) is 7.04. The number of nitrogens with zero attached hydrogens (tertiary/aromatic N) is 1. The molecule has 28 heavy (non-hydrogen) atoms. The zero-order chi connectivity index (χ0) is 20.0. The van der Waals surface area contributed by atoms with Crippen LogP contribution in [0.3, 0.4) is 0 Å². The van der Waals surface area contributed by atoms with E-state index >= 15 is 0 Å². The van der Waals surface area contributed by atoms with Crippen molar-refractivity contribution in [2.24, 2.45) is 5.92 Å². The van der Waals surface area contributed by atoms with Crippen molar-refractivity contribution in [2.45, 2.75) is 69.9 Å². The van der Waals surface area contributed by atoms with Crippen LogP contribution in [0.25, 0.3) is 0 Å². The van der Waals surface area contributed by atoms with Gasteiger partial charge in [-0.15, -0.1) is 0 Å². The van der Waals surface area contributed by atoms with Crippen LogP contribution in [0.4, 0.5) is 8.78 Å². The summed E-state index contributed by atoms with van der Waals surface area (Å²) in [5, 5.41) is 2.34. The summed E-state index contributed by atoms with van der Waals surface area (Å²) in [5.74, 6) is 0.139. The second-order valence-corrected chi connectivity index (χ2v) is 10.2. The average molecular weight is 415 g/mol. The standard InChI is InChI=1S/C21H32F2N2O2S/c22-21(23,24-15-7-13-18-9-3-1-4-10-18)20-14-8-16-25(20)28(26,27)17-19-11-5-2-6-12-19/h1,3-4,9-10,19-20,24H,2,5-8,11-17H2/t20-/m0/s1. The molecule has 1 aliphatic heterocycles. The largest absolute Gasteiger partial charge is 0.318 e. The monoisotopic (exact) mass is 414 g/mol. The van der Waals surface area contributed by atoms with Gasteiger partial charge in [0.15, 0.2) is 0 Å². The SMILES string of the molecule is O=S(=O)(CC1CCCCC1)N1CCC[C@H]1C(F)(F)NCCCc1ccccc1. The summed E-state index contributed by atoms with van der Waals surface area (Å²) < 4.78 is 56.4. The number of rotatable bonds is 9. The lowest BCUT2D eigenvalue weighted by Crippen LogP contribution is -2.55. The van der Waals surface area contributed by atoms with E-state index in [0.717, 1.165) is 48.4 Å². The lowest BCUT2D eigenvalue weighted by atomic mass is 9.91. The number of sulfonamides is 1. The zero-order valence-corrected chi connectivity index (χ0v) is 17.3. The van der Waals surface area contributed by atoms with Gasteiger partial charge in [-0.1, -0.05) is 49.6 Å². The molecule has 1 aromatic carbocycles. The molecule has 0 aromatic heterocycles. The molecule has 1 heterocycles. The predicted molar refractivity (Wildman–Crippen MR) is 108 cm³/mol. The summed E-state index contributed by atoms with van der Waals surface area (Å²) in [5.41, 5.74) is 1.12. The molecule has 7 heteroatoms. The smallest absolute Gasteiger partial charge is 0.257 e. The Morgan fingerprint density at radius 1 is 1.04 bits per heavy atom. The van der Waals surface area contributed by atoms with Crippen LogP contribution in [0.2, 0.25) is 0 Å². The molecule has 4 nitrogen and oxygen atoms in total. The molecule has 1 N–H and O–H groups in total. The molecular formula is C21H32F2N2O2S. The van der Waals surface area contributed by atoms with Crippen molar-refractivity contribution in [3.63, 3.8) is 0 Å². The normalized spacial score (nSPS) is 22.6. The molecule has 158 valence electrons. The Morgan fingerprint density at radius 3 is 2.46 bits per heavy atom. The van der Waals surface area contributed by atoms with Gasteiger partial charge in [0.05, 0.1) is 5.75 Å². The fourth-order valence-electron chi connectivity index (χ4n) is 4.49. The molecule has 2 fully saturated rings. The molecule has 1 aliphatic carbocycles. The molecule has 2 aliphatic rings. The van der Waals surface area contributed by atoms with Crippen molar-refractivity contribution in [2.75, 3.05) is 18.8 Å². The van der Waals surface area contributed by atoms with Gasteiger partial charge in [0.25, 0.3) is 0 Å². The number of halogens is 2. The fraction of sp³-hybridized carbons (Fsp3) is 0.714. The number of alkyl halides is 2. The highest BCUT2D eigenvalue weighted by Crippen LogP contribution is 2.34.